The Balaban J connectivity index is 1.58. The number of nitrogens with zero attached hydrogens (tertiary/aromatic N) is 3. The molecule has 33 heavy (non-hydrogen) atoms. The van der Waals surface area contributed by atoms with Crippen molar-refractivity contribution in [3.8, 4) is 0 Å². The lowest BCUT2D eigenvalue weighted by Crippen LogP contribution is -2.51. The Kier molecular flexibility index (Phi) is 8.23. The van der Waals surface area contributed by atoms with Crippen LogP contribution in [0.1, 0.15) is 17.3 Å². The molecule has 0 unspecified atom stereocenters. The minimum absolute atomic E-state index is 0.0988. The molecule has 1 saturated heterocycles. The quantitative estimate of drug-likeness (QED) is 0.322. The van der Waals surface area contributed by atoms with E-state index < -0.39 is 16.7 Å². The molecular weight excluding hydrogens is 451 g/mol. The maximum Gasteiger partial charge on any atom is 0.313 e. The monoisotopic (exact) mass is 476 g/mol. The van der Waals surface area contributed by atoms with E-state index in [4.69, 9.17) is 5.11 Å². The number of carbonyl (C=O) groups excluding carboxylic acids is 1. The van der Waals surface area contributed by atoms with Gasteiger partial charge < -0.3 is 15.3 Å². The smallest absolute Gasteiger partial charge is 0.313 e. The minimum atomic E-state index is -1.04. The van der Waals surface area contributed by atoms with Crippen molar-refractivity contribution in [1.29, 1.82) is 0 Å². The van der Waals surface area contributed by atoms with Crippen LogP contribution in [-0.2, 0) is 4.79 Å². The number of amides is 1. The van der Waals surface area contributed by atoms with Crippen LogP contribution in [0.4, 0.5) is 15.8 Å². The van der Waals surface area contributed by atoms with Gasteiger partial charge in [-0.25, -0.2) is 4.39 Å². The fourth-order valence-electron chi connectivity index (χ4n) is 3.70. The van der Waals surface area contributed by atoms with Crippen LogP contribution in [0.3, 0.4) is 0 Å². The topological polar surface area (TPSA) is 116 Å². The number of hydrogen-bond donors (Lipinski definition) is 2. The zero-order chi connectivity index (χ0) is 24.0. The first-order valence-electron chi connectivity index (χ1n) is 10.4. The summed E-state index contributed by atoms with van der Waals surface area (Å²) in [6.45, 7) is 5.11. The van der Waals surface area contributed by atoms with Gasteiger partial charge in [-0.3, -0.25) is 24.6 Å². The normalized spacial score (nSPS) is 15.2. The Hall–Kier alpha value is -3.18. The number of nitrogens with one attached hydrogen (secondary N) is 1. The molecule has 176 valence electrons. The van der Waals surface area contributed by atoms with Gasteiger partial charge in [0.1, 0.15) is 10.7 Å². The maximum absolute atomic E-state index is 13.0. The molecule has 9 nitrogen and oxygen atoms in total. The van der Waals surface area contributed by atoms with Crippen molar-refractivity contribution in [2.75, 3.05) is 43.4 Å². The summed E-state index contributed by atoms with van der Waals surface area (Å²) in [7, 11) is 0. The van der Waals surface area contributed by atoms with Gasteiger partial charge >= 0.3 is 5.97 Å². The van der Waals surface area contributed by atoms with E-state index in [1.54, 1.807) is 12.1 Å². The van der Waals surface area contributed by atoms with E-state index in [1.165, 1.54) is 30.3 Å². The fraction of sp³-hybridized carbons (Fsp3) is 0.364. The van der Waals surface area contributed by atoms with Gasteiger partial charge in [0.25, 0.3) is 11.6 Å². The van der Waals surface area contributed by atoms with Crippen LogP contribution < -0.4 is 10.2 Å². The number of rotatable bonds is 9. The predicted octanol–water partition coefficient (Wildman–Crippen LogP) is 2.85. The average molecular weight is 477 g/mol. The van der Waals surface area contributed by atoms with Crippen molar-refractivity contribution in [2.45, 2.75) is 17.9 Å². The van der Waals surface area contributed by atoms with E-state index in [1.807, 2.05) is 11.8 Å². The first-order chi connectivity index (χ1) is 15.7. The zero-order valence-corrected chi connectivity index (χ0v) is 18.9. The van der Waals surface area contributed by atoms with Gasteiger partial charge in [0.2, 0.25) is 0 Å². The van der Waals surface area contributed by atoms with E-state index in [-0.39, 0.29) is 23.4 Å². The molecule has 2 aromatic rings. The van der Waals surface area contributed by atoms with E-state index in [9.17, 15) is 24.1 Å². The largest absolute Gasteiger partial charge is 0.481 e. The Bertz CT molecular complexity index is 1010. The van der Waals surface area contributed by atoms with Gasteiger partial charge in [0.15, 0.2) is 0 Å². The van der Waals surface area contributed by atoms with E-state index in [0.717, 1.165) is 11.8 Å². The zero-order valence-electron chi connectivity index (χ0n) is 18.1. The number of anilines is 1. The molecule has 1 amide bonds. The third-order valence-corrected chi connectivity index (χ3v) is 6.34. The van der Waals surface area contributed by atoms with Gasteiger partial charge in [-0.15, -0.1) is 11.8 Å². The predicted molar refractivity (Wildman–Crippen MR) is 123 cm³/mol. The summed E-state index contributed by atoms with van der Waals surface area (Å²) in [5.74, 6) is -1.96. The van der Waals surface area contributed by atoms with E-state index in [2.05, 4.69) is 10.2 Å². The lowest BCUT2D eigenvalue weighted by atomic mass is 10.2. The number of hydrogen-bond acceptors (Lipinski definition) is 7. The Morgan fingerprint density at radius 3 is 2.45 bits per heavy atom. The first-order valence-corrected chi connectivity index (χ1v) is 11.4. The fourth-order valence-corrected chi connectivity index (χ4v) is 4.60. The van der Waals surface area contributed by atoms with Crippen LogP contribution in [0.5, 0.6) is 0 Å². The van der Waals surface area contributed by atoms with Crippen molar-refractivity contribution < 1.29 is 24.0 Å². The number of benzene rings is 2. The number of carbonyl (C=O) groups is 2. The molecule has 0 saturated carbocycles. The van der Waals surface area contributed by atoms with Gasteiger partial charge in [0, 0.05) is 50.4 Å². The molecule has 0 aromatic heterocycles. The van der Waals surface area contributed by atoms with Crippen molar-refractivity contribution in [1.82, 2.24) is 10.2 Å². The van der Waals surface area contributed by atoms with Gasteiger partial charge in [-0.1, -0.05) is 6.07 Å². The van der Waals surface area contributed by atoms with Crippen LogP contribution in [-0.4, -0.2) is 71.3 Å². The lowest BCUT2D eigenvalue weighted by Gasteiger charge is -2.37. The van der Waals surface area contributed by atoms with Crippen molar-refractivity contribution in [3.05, 3.63) is 64.0 Å². The number of carboxylic acids is 1. The van der Waals surface area contributed by atoms with Crippen molar-refractivity contribution in [3.63, 3.8) is 0 Å². The molecular formula is C22H25FN4O5S. The summed E-state index contributed by atoms with van der Waals surface area (Å²) >= 11 is 0.953. The number of aliphatic carboxylic acids is 1. The van der Waals surface area contributed by atoms with Crippen LogP contribution in [0, 0.1) is 15.9 Å². The summed E-state index contributed by atoms with van der Waals surface area (Å²) in [6, 6.07) is 10.0. The summed E-state index contributed by atoms with van der Waals surface area (Å²) in [5.41, 5.74) is 0.955. The maximum atomic E-state index is 13.0. The molecule has 1 atom stereocenters. The number of piperazine rings is 1. The van der Waals surface area contributed by atoms with E-state index >= 15 is 0 Å². The highest BCUT2D eigenvalue weighted by atomic mass is 32.2. The molecule has 1 heterocycles. The number of halogens is 1. The number of thioether (sulfide) groups is 1. The third kappa shape index (κ3) is 6.65. The molecule has 11 heteroatoms. The van der Waals surface area contributed by atoms with Crippen molar-refractivity contribution in [2.24, 2.45) is 0 Å². The summed E-state index contributed by atoms with van der Waals surface area (Å²) in [6.07, 6.45) is 0. The molecule has 0 aliphatic carbocycles. The molecule has 2 aromatic carbocycles. The van der Waals surface area contributed by atoms with Crippen LogP contribution in [0.2, 0.25) is 0 Å². The standard InChI is InChI=1S/C22H25FN4O5S/c1-15(24-22(30)16-5-7-17(23)8-6-16)13-25-9-11-26(12-10-25)18-3-2-4-19(27(31)32)21(18)33-14-20(28)29/h2-8,15H,9-14H2,1H3,(H,24,30)(H,28,29)/t15-/m1/s1. The Morgan fingerprint density at radius 1 is 1.18 bits per heavy atom. The van der Waals surface area contributed by atoms with Crippen LogP contribution in [0.15, 0.2) is 47.4 Å². The first kappa shape index (κ1) is 24.5. The second-order valence-corrected chi connectivity index (χ2v) is 8.72. The van der Waals surface area contributed by atoms with E-state index in [0.29, 0.717) is 48.9 Å². The molecule has 0 radical (unpaired) electrons. The minimum Gasteiger partial charge on any atom is -0.481 e. The Morgan fingerprint density at radius 2 is 1.85 bits per heavy atom. The number of nitro benzene ring substituents is 1. The highest BCUT2D eigenvalue weighted by molar-refractivity contribution is 8.00. The number of carboxylic acid groups (broad SMARTS) is 1. The second kappa shape index (κ2) is 11.1. The highest BCUT2D eigenvalue weighted by Gasteiger charge is 2.26. The SMILES string of the molecule is C[C@H](CN1CCN(c2cccc([N+](=O)[O-])c2SCC(=O)O)CC1)NC(=O)c1ccc(F)cc1. The highest BCUT2D eigenvalue weighted by Crippen LogP contribution is 2.38. The molecule has 0 spiro atoms. The summed E-state index contributed by atoms with van der Waals surface area (Å²) < 4.78 is 13.0. The van der Waals surface area contributed by atoms with Gasteiger partial charge in [-0.05, 0) is 37.3 Å². The molecule has 0 bridgehead atoms. The van der Waals surface area contributed by atoms with Gasteiger partial charge in [0.05, 0.1) is 16.4 Å². The third-order valence-electron chi connectivity index (χ3n) is 5.24. The van der Waals surface area contributed by atoms with Crippen molar-refractivity contribution >= 4 is 35.0 Å². The Labute approximate surface area is 194 Å². The lowest BCUT2D eigenvalue weighted by molar-refractivity contribution is -0.387. The summed E-state index contributed by atoms with van der Waals surface area (Å²) in [4.78, 5) is 38.9. The summed E-state index contributed by atoms with van der Waals surface area (Å²) in [5, 5.41) is 23.4. The second-order valence-electron chi connectivity index (χ2n) is 7.73. The van der Waals surface area contributed by atoms with Crippen LogP contribution in [0.25, 0.3) is 0 Å². The molecule has 2 N–H and O–H groups in total. The molecule has 1 aliphatic rings. The average Bonchev–Trinajstić information content (AvgIpc) is 2.78. The molecule has 1 fully saturated rings. The van der Waals surface area contributed by atoms with Gasteiger partial charge in [-0.2, -0.15) is 0 Å². The number of nitro groups is 1. The molecule has 1 aliphatic heterocycles. The van der Waals surface area contributed by atoms with Crippen LogP contribution >= 0.6 is 11.8 Å². The molecule has 3 rings (SSSR count).